The van der Waals surface area contributed by atoms with Gasteiger partial charge in [0.2, 0.25) is 11.0 Å². The monoisotopic (exact) mass is 217 g/mol. The molecule has 1 aromatic heterocycles. The molecule has 0 aromatic carbocycles. The molecule has 1 heterocycles. The van der Waals surface area contributed by atoms with Gasteiger partial charge in [-0.25, -0.2) is 0 Å². The molecule has 0 bridgehead atoms. The van der Waals surface area contributed by atoms with Gasteiger partial charge in [0.15, 0.2) is 0 Å². The molecule has 0 aliphatic heterocycles. The van der Waals surface area contributed by atoms with Crippen LogP contribution in [-0.2, 0) is 0 Å². The minimum atomic E-state index is -0.651. The van der Waals surface area contributed by atoms with Gasteiger partial charge in [-0.1, -0.05) is 11.6 Å². The van der Waals surface area contributed by atoms with E-state index in [4.69, 9.17) is 22.1 Å². The van der Waals surface area contributed by atoms with E-state index >= 15 is 0 Å². The van der Waals surface area contributed by atoms with Crippen LogP contribution in [0.1, 0.15) is 6.92 Å². The Balaban J connectivity index is 3.17. The van der Waals surface area contributed by atoms with Crippen LogP contribution >= 0.6 is 11.6 Å². The summed E-state index contributed by atoms with van der Waals surface area (Å²) < 4.78 is 5.01. The molecule has 0 saturated carbocycles. The third-order valence-electron chi connectivity index (χ3n) is 1.43. The predicted octanol–water partition coefficient (Wildman–Crippen LogP) is 1.62. The fraction of sp³-hybridized carbons (Fsp3) is 0.286. The molecule has 1 aromatic rings. The largest absolute Gasteiger partial charge is 0.476 e. The number of nitrogens with zero attached hydrogens (tertiary/aromatic N) is 2. The van der Waals surface area contributed by atoms with Crippen molar-refractivity contribution in [1.29, 1.82) is 0 Å². The SMILES string of the molecule is CCOc1nc(Cl)c([N+](=O)[O-])cc1N. The van der Waals surface area contributed by atoms with E-state index in [1.54, 1.807) is 6.92 Å². The summed E-state index contributed by atoms with van der Waals surface area (Å²) in [5, 5.41) is 10.2. The van der Waals surface area contributed by atoms with Gasteiger partial charge in [-0.15, -0.1) is 0 Å². The molecular formula is C7H8ClN3O3. The van der Waals surface area contributed by atoms with Crippen LogP contribution in [0.15, 0.2) is 6.07 Å². The fourth-order valence-corrected chi connectivity index (χ4v) is 1.06. The summed E-state index contributed by atoms with van der Waals surface area (Å²) in [7, 11) is 0. The molecule has 0 atom stereocenters. The summed E-state index contributed by atoms with van der Waals surface area (Å²) in [4.78, 5) is 13.4. The van der Waals surface area contributed by atoms with Crippen molar-refractivity contribution in [3.8, 4) is 5.88 Å². The van der Waals surface area contributed by atoms with Gasteiger partial charge in [-0.2, -0.15) is 4.98 Å². The highest BCUT2D eigenvalue weighted by Crippen LogP contribution is 2.30. The number of anilines is 1. The molecule has 1 rings (SSSR count). The zero-order valence-electron chi connectivity index (χ0n) is 7.36. The number of nitrogens with two attached hydrogens (primary N) is 1. The Morgan fingerprint density at radius 3 is 2.93 bits per heavy atom. The van der Waals surface area contributed by atoms with Crippen LogP contribution in [-0.4, -0.2) is 16.5 Å². The summed E-state index contributed by atoms with van der Waals surface area (Å²) in [5.41, 5.74) is 5.24. The zero-order valence-corrected chi connectivity index (χ0v) is 8.11. The second kappa shape index (κ2) is 4.10. The number of nitro groups is 1. The standard InChI is InChI=1S/C7H8ClN3O3/c1-2-14-7-4(9)3-5(11(12)13)6(8)10-7/h3H,2,9H2,1H3. The summed E-state index contributed by atoms with van der Waals surface area (Å²) in [6.45, 7) is 2.11. The first-order chi connectivity index (χ1) is 6.56. The topological polar surface area (TPSA) is 91.3 Å². The van der Waals surface area contributed by atoms with Gasteiger partial charge in [0, 0.05) is 6.07 Å². The molecule has 14 heavy (non-hydrogen) atoms. The smallest absolute Gasteiger partial charge is 0.308 e. The quantitative estimate of drug-likeness (QED) is 0.472. The highest BCUT2D eigenvalue weighted by Gasteiger charge is 2.17. The van der Waals surface area contributed by atoms with Crippen LogP contribution < -0.4 is 10.5 Å². The Morgan fingerprint density at radius 2 is 2.43 bits per heavy atom. The maximum absolute atomic E-state index is 10.4. The molecule has 0 spiro atoms. The number of hydrogen-bond acceptors (Lipinski definition) is 5. The first-order valence-corrected chi connectivity index (χ1v) is 4.17. The summed E-state index contributed by atoms with van der Waals surface area (Å²) >= 11 is 5.54. The maximum atomic E-state index is 10.4. The Hall–Kier alpha value is -1.56. The molecular weight excluding hydrogens is 210 g/mol. The first kappa shape index (κ1) is 10.5. The second-order valence-corrected chi connectivity index (χ2v) is 2.74. The van der Waals surface area contributed by atoms with E-state index in [1.165, 1.54) is 0 Å². The van der Waals surface area contributed by atoms with Crippen molar-refractivity contribution in [1.82, 2.24) is 4.98 Å². The molecule has 0 aliphatic rings. The van der Waals surface area contributed by atoms with E-state index in [9.17, 15) is 10.1 Å². The third-order valence-corrected chi connectivity index (χ3v) is 1.71. The number of aromatic nitrogens is 1. The van der Waals surface area contributed by atoms with Crippen LogP contribution in [0.25, 0.3) is 0 Å². The molecule has 2 N–H and O–H groups in total. The summed E-state index contributed by atoms with van der Waals surface area (Å²) in [6.07, 6.45) is 0. The molecule has 0 fully saturated rings. The molecule has 0 aliphatic carbocycles. The Bertz CT molecular complexity index is 369. The van der Waals surface area contributed by atoms with Crippen LogP contribution in [0.3, 0.4) is 0 Å². The number of hydrogen-bond donors (Lipinski definition) is 1. The second-order valence-electron chi connectivity index (χ2n) is 2.38. The lowest BCUT2D eigenvalue weighted by Gasteiger charge is -2.05. The number of pyridine rings is 1. The number of rotatable bonds is 3. The van der Waals surface area contributed by atoms with Crippen molar-refractivity contribution in [3.05, 3.63) is 21.3 Å². The molecule has 0 saturated heterocycles. The summed E-state index contributed by atoms with van der Waals surface area (Å²) in [6, 6.07) is 1.13. The van der Waals surface area contributed by atoms with E-state index in [1.807, 2.05) is 0 Å². The number of ether oxygens (including phenoxy) is 1. The Morgan fingerprint density at radius 1 is 1.79 bits per heavy atom. The molecule has 0 amide bonds. The van der Waals surface area contributed by atoms with Crippen molar-refractivity contribution in [2.75, 3.05) is 12.3 Å². The highest BCUT2D eigenvalue weighted by atomic mass is 35.5. The van der Waals surface area contributed by atoms with Gasteiger partial charge in [-0.05, 0) is 6.92 Å². The van der Waals surface area contributed by atoms with Crippen molar-refractivity contribution in [2.45, 2.75) is 6.92 Å². The lowest BCUT2D eigenvalue weighted by molar-refractivity contribution is -0.385. The Kier molecular flexibility index (Phi) is 3.08. The minimum absolute atomic E-state index is 0.1000. The maximum Gasteiger partial charge on any atom is 0.308 e. The van der Waals surface area contributed by atoms with Crippen molar-refractivity contribution in [2.24, 2.45) is 0 Å². The lowest BCUT2D eigenvalue weighted by atomic mass is 10.4. The van der Waals surface area contributed by atoms with Crippen LogP contribution in [0.5, 0.6) is 5.88 Å². The van der Waals surface area contributed by atoms with Crippen molar-refractivity contribution in [3.63, 3.8) is 0 Å². The van der Waals surface area contributed by atoms with E-state index in [0.717, 1.165) is 6.07 Å². The van der Waals surface area contributed by atoms with Crippen LogP contribution in [0, 0.1) is 10.1 Å². The molecule has 0 radical (unpaired) electrons. The van der Waals surface area contributed by atoms with Crippen LogP contribution in [0.4, 0.5) is 11.4 Å². The zero-order chi connectivity index (χ0) is 10.7. The van der Waals surface area contributed by atoms with Gasteiger partial charge in [-0.3, -0.25) is 10.1 Å². The van der Waals surface area contributed by atoms with Crippen LogP contribution in [0.2, 0.25) is 5.15 Å². The average molecular weight is 218 g/mol. The molecule has 7 heteroatoms. The van der Waals surface area contributed by atoms with E-state index in [0.29, 0.717) is 6.61 Å². The molecule has 0 unspecified atom stereocenters. The first-order valence-electron chi connectivity index (χ1n) is 3.79. The van der Waals surface area contributed by atoms with Gasteiger partial charge < -0.3 is 10.5 Å². The fourth-order valence-electron chi connectivity index (χ4n) is 0.860. The molecule has 76 valence electrons. The van der Waals surface area contributed by atoms with Gasteiger partial charge >= 0.3 is 5.69 Å². The Labute approximate surface area is 84.8 Å². The third kappa shape index (κ3) is 2.02. The highest BCUT2D eigenvalue weighted by molar-refractivity contribution is 6.31. The molecule has 6 nitrogen and oxygen atoms in total. The average Bonchev–Trinajstić information content (AvgIpc) is 2.10. The van der Waals surface area contributed by atoms with E-state index < -0.39 is 4.92 Å². The minimum Gasteiger partial charge on any atom is -0.476 e. The normalized spacial score (nSPS) is 9.86. The predicted molar refractivity (Wildman–Crippen MR) is 51.5 cm³/mol. The van der Waals surface area contributed by atoms with Gasteiger partial charge in [0.25, 0.3) is 0 Å². The van der Waals surface area contributed by atoms with Gasteiger partial charge in [0.1, 0.15) is 5.69 Å². The lowest BCUT2D eigenvalue weighted by Crippen LogP contribution is -2.01. The van der Waals surface area contributed by atoms with Crippen molar-refractivity contribution < 1.29 is 9.66 Å². The van der Waals surface area contributed by atoms with Gasteiger partial charge in [0.05, 0.1) is 11.5 Å². The number of halogens is 1. The van der Waals surface area contributed by atoms with E-state index in [-0.39, 0.29) is 22.4 Å². The summed E-state index contributed by atoms with van der Waals surface area (Å²) in [5.74, 6) is 0.114. The van der Waals surface area contributed by atoms with E-state index in [2.05, 4.69) is 4.98 Å². The number of nitrogen functional groups attached to an aromatic ring is 1. The van der Waals surface area contributed by atoms with Crippen molar-refractivity contribution >= 4 is 23.0 Å².